The smallest absolute Gasteiger partial charge is 0.338 e. The van der Waals surface area contributed by atoms with Crippen molar-refractivity contribution in [2.45, 2.75) is 26.3 Å². The molecule has 160 valence electrons. The molecule has 0 aliphatic heterocycles. The molecule has 0 fully saturated rings. The summed E-state index contributed by atoms with van der Waals surface area (Å²) in [6.07, 6.45) is -0.104. The van der Waals surface area contributed by atoms with Crippen LogP contribution in [0.4, 0.5) is 5.69 Å². The monoisotopic (exact) mass is 422 g/mol. The summed E-state index contributed by atoms with van der Waals surface area (Å²) in [5.74, 6) is -1.36. The van der Waals surface area contributed by atoms with Crippen molar-refractivity contribution in [1.29, 1.82) is 0 Å². The largest absolute Gasteiger partial charge is 0.462 e. The second kappa shape index (κ2) is 9.66. The van der Waals surface area contributed by atoms with Crippen molar-refractivity contribution in [2.75, 3.05) is 11.9 Å². The average Bonchev–Trinajstić information content (AvgIpc) is 2.76. The molecule has 3 N–H and O–H groups in total. The molecule has 0 spiro atoms. The number of nitrogens with zero attached hydrogens (tertiary/aromatic N) is 1. The third kappa shape index (κ3) is 5.33. The number of carbonyl (C=O) groups is 3. The lowest BCUT2D eigenvalue weighted by atomic mass is 10.1. The number of rotatable bonds is 7. The fraction of sp³-hybridized carbons (Fsp3) is 0.227. The number of carbonyl (C=O) groups excluding carboxylic acids is 3. The van der Waals surface area contributed by atoms with Gasteiger partial charge in [-0.25, -0.2) is 9.89 Å². The van der Waals surface area contributed by atoms with E-state index in [4.69, 9.17) is 4.74 Å². The summed E-state index contributed by atoms with van der Waals surface area (Å²) in [7, 11) is 0. The molecule has 3 aromatic rings. The van der Waals surface area contributed by atoms with Crippen molar-refractivity contribution in [3.63, 3.8) is 0 Å². The van der Waals surface area contributed by atoms with Crippen LogP contribution in [0, 0.1) is 0 Å². The van der Waals surface area contributed by atoms with Gasteiger partial charge in [0.1, 0.15) is 6.04 Å². The predicted octanol–water partition coefficient (Wildman–Crippen LogP) is 1.79. The van der Waals surface area contributed by atoms with E-state index in [2.05, 4.69) is 20.8 Å². The Hall–Kier alpha value is -4.01. The first-order valence-electron chi connectivity index (χ1n) is 9.72. The van der Waals surface area contributed by atoms with Gasteiger partial charge in [0, 0.05) is 11.1 Å². The lowest BCUT2D eigenvalue weighted by Crippen LogP contribution is -2.42. The van der Waals surface area contributed by atoms with Crippen LogP contribution in [-0.2, 0) is 20.7 Å². The first-order chi connectivity index (χ1) is 14.9. The summed E-state index contributed by atoms with van der Waals surface area (Å²) in [6, 6.07) is 12.3. The average molecular weight is 422 g/mol. The topological polar surface area (TPSA) is 130 Å². The van der Waals surface area contributed by atoms with Gasteiger partial charge in [0.2, 0.25) is 11.8 Å². The number of anilines is 1. The zero-order chi connectivity index (χ0) is 22.4. The summed E-state index contributed by atoms with van der Waals surface area (Å²) in [6.45, 7) is 3.50. The minimum absolute atomic E-state index is 0.104. The molecule has 9 heteroatoms. The highest BCUT2D eigenvalue weighted by atomic mass is 16.5. The summed E-state index contributed by atoms with van der Waals surface area (Å²) >= 11 is 0. The number of ether oxygens (including phenoxy) is 1. The van der Waals surface area contributed by atoms with E-state index in [9.17, 15) is 19.2 Å². The van der Waals surface area contributed by atoms with Crippen LogP contribution in [0.25, 0.3) is 10.8 Å². The van der Waals surface area contributed by atoms with Gasteiger partial charge in [-0.2, -0.15) is 5.10 Å². The molecule has 9 nitrogen and oxygen atoms in total. The number of hydrogen-bond donors (Lipinski definition) is 3. The maximum atomic E-state index is 12.5. The number of aromatic amines is 1. The van der Waals surface area contributed by atoms with Crippen LogP contribution in [0.3, 0.4) is 0 Å². The predicted molar refractivity (Wildman–Crippen MR) is 115 cm³/mol. The van der Waals surface area contributed by atoms with Gasteiger partial charge in [0.15, 0.2) is 0 Å². The summed E-state index contributed by atoms with van der Waals surface area (Å²) in [4.78, 5) is 48.6. The first kappa shape index (κ1) is 21.7. The van der Waals surface area contributed by atoms with E-state index in [0.717, 1.165) is 0 Å². The standard InChI is InChI=1S/C22H22N4O5/c1-3-31-22(30)14-7-6-8-15(11-14)24-20(28)13(2)23-19(27)12-18-16-9-4-5-10-17(16)21(29)26-25-18/h4-11,13H,3,12H2,1-2H3,(H,23,27)(H,24,28)(H,26,29). The molecule has 0 saturated heterocycles. The number of fused-ring (bicyclic) bond motifs is 1. The van der Waals surface area contributed by atoms with Gasteiger partial charge in [-0.1, -0.05) is 24.3 Å². The molecule has 1 atom stereocenters. The van der Waals surface area contributed by atoms with E-state index in [0.29, 0.717) is 27.7 Å². The Morgan fingerprint density at radius 2 is 1.84 bits per heavy atom. The van der Waals surface area contributed by atoms with Crippen LogP contribution in [0.5, 0.6) is 0 Å². The lowest BCUT2D eigenvalue weighted by Gasteiger charge is -2.15. The van der Waals surface area contributed by atoms with Gasteiger partial charge < -0.3 is 15.4 Å². The normalized spacial score (nSPS) is 11.5. The number of esters is 1. The fourth-order valence-corrected chi connectivity index (χ4v) is 3.01. The Morgan fingerprint density at radius 1 is 1.10 bits per heavy atom. The molecule has 0 saturated carbocycles. The van der Waals surface area contributed by atoms with Crippen molar-refractivity contribution in [3.8, 4) is 0 Å². The van der Waals surface area contributed by atoms with Crippen LogP contribution in [0.1, 0.15) is 29.9 Å². The molecule has 3 rings (SSSR count). The third-order valence-corrected chi connectivity index (χ3v) is 4.52. The molecule has 1 unspecified atom stereocenters. The fourth-order valence-electron chi connectivity index (χ4n) is 3.01. The third-order valence-electron chi connectivity index (χ3n) is 4.52. The van der Waals surface area contributed by atoms with Crippen LogP contribution in [0.15, 0.2) is 53.3 Å². The highest BCUT2D eigenvalue weighted by molar-refractivity contribution is 5.99. The van der Waals surface area contributed by atoms with Gasteiger partial charge in [-0.05, 0) is 38.1 Å². The van der Waals surface area contributed by atoms with Crippen molar-refractivity contribution in [2.24, 2.45) is 0 Å². The van der Waals surface area contributed by atoms with E-state index in [-0.39, 0.29) is 18.6 Å². The second-order valence-electron chi connectivity index (χ2n) is 6.80. The molecule has 0 radical (unpaired) electrons. The molecule has 1 heterocycles. The van der Waals surface area contributed by atoms with Crippen molar-refractivity contribution >= 4 is 34.2 Å². The Balaban J connectivity index is 1.63. The molecule has 0 aliphatic rings. The van der Waals surface area contributed by atoms with Gasteiger partial charge in [-0.15, -0.1) is 0 Å². The first-order valence-corrected chi connectivity index (χ1v) is 9.72. The molecular weight excluding hydrogens is 400 g/mol. The molecule has 2 aromatic carbocycles. The molecular formula is C22H22N4O5. The Labute approximate surface area is 177 Å². The van der Waals surface area contributed by atoms with Gasteiger partial charge in [0.05, 0.1) is 29.7 Å². The van der Waals surface area contributed by atoms with Crippen molar-refractivity contribution in [1.82, 2.24) is 15.5 Å². The Bertz CT molecular complexity index is 1190. The SMILES string of the molecule is CCOC(=O)c1cccc(NC(=O)C(C)NC(=O)Cc2n[nH]c(=O)c3ccccc23)c1. The van der Waals surface area contributed by atoms with E-state index < -0.39 is 23.8 Å². The number of hydrogen-bond acceptors (Lipinski definition) is 6. The van der Waals surface area contributed by atoms with Gasteiger partial charge >= 0.3 is 5.97 Å². The Kier molecular flexibility index (Phi) is 6.76. The van der Waals surface area contributed by atoms with Crippen LogP contribution in [-0.4, -0.2) is 40.6 Å². The minimum atomic E-state index is -0.840. The van der Waals surface area contributed by atoms with Crippen LogP contribution < -0.4 is 16.2 Å². The number of H-pyrrole nitrogens is 1. The highest BCUT2D eigenvalue weighted by Gasteiger charge is 2.18. The van der Waals surface area contributed by atoms with E-state index in [1.807, 2.05) is 0 Å². The summed E-state index contributed by atoms with van der Waals surface area (Å²) in [5.41, 5.74) is 0.789. The molecule has 1 aromatic heterocycles. The number of aromatic nitrogens is 2. The van der Waals surface area contributed by atoms with E-state index in [1.165, 1.54) is 6.07 Å². The van der Waals surface area contributed by atoms with Crippen LogP contribution >= 0.6 is 0 Å². The number of nitrogens with one attached hydrogen (secondary N) is 3. The Morgan fingerprint density at radius 3 is 2.58 bits per heavy atom. The van der Waals surface area contributed by atoms with Crippen LogP contribution in [0.2, 0.25) is 0 Å². The maximum absolute atomic E-state index is 12.5. The molecule has 0 bridgehead atoms. The summed E-state index contributed by atoms with van der Waals surface area (Å²) < 4.78 is 4.95. The second-order valence-corrected chi connectivity index (χ2v) is 6.80. The molecule has 2 amide bonds. The van der Waals surface area contributed by atoms with Crippen molar-refractivity contribution < 1.29 is 19.1 Å². The van der Waals surface area contributed by atoms with E-state index in [1.54, 1.807) is 56.3 Å². The van der Waals surface area contributed by atoms with Crippen molar-refractivity contribution in [3.05, 3.63) is 70.1 Å². The zero-order valence-electron chi connectivity index (χ0n) is 17.1. The highest BCUT2D eigenvalue weighted by Crippen LogP contribution is 2.14. The summed E-state index contributed by atoms with van der Waals surface area (Å²) in [5, 5.41) is 12.6. The number of amides is 2. The lowest BCUT2D eigenvalue weighted by molar-refractivity contribution is -0.125. The minimum Gasteiger partial charge on any atom is -0.462 e. The molecule has 31 heavy (non-hydrogen) atoms. The molecule has 0 aliphatic carbocycles. The zero-order valence-corrected chi connectivity index (χ0v) is 17.1. The maximum Gasteiger partial charge on any atom is 0.338 e. The van der Waals surface area contributed by atoms with Gasteiger partial charge in [0.25, 0.3) is 5.56 Å². The van der Waals surface area contributed by atoms with Gasteiger partial charge in [-0.3, -0.25) is 14.4 Å². The van der Waals surface area contributed by atoms with E-state index >= 15 is 0 Å². The quantitative estimate of drug-likeness (QED) is 0.498. The number of benzene rings is 2.